The highest BCUT2D eigenvalue weighted by atomic mass is 31.2. The second-order valence-corrected chi connectivity index (χ2v) is 21.0. The van der Waals surface area contributed by atoms with Gasteiger partial charge in [-0.3, -0.25) is 29.5 Å². The van der Waals surface area contributed by atoms with Crippen LogP contribution in [0.4, 0.5) is 28.8 Å². The van der Waals surface area contributed by atoms with E-state index in [1.54, 1.807) is 44.5 Å². The lowest BCUT2D eigenvalue weighted by atomic mass is 9.99. The summed E-state index contributed by atoms with van der Waals surface area (Å²) in [5.74, 6) is 1.85. The summed E-state index contributed by atoms with van der Waals surface area (Å²) in [5, 5.41) is 18.1. The van der Waals surface area contributed by atoms with Crippen LogP contribution in [0.5, 0.6) is 11.5 Å². The van der Waals surface area contributed by atoms with Gasteiger partial charge in [0.15, 0.2) is 0 Å². The average molecular weight is 932 g/mol. The van der Waals surface area contributed by atoms with Crippen LogP contribution in [0, 0.1) is 6.92 Å². The Kier molecular flexibility index (Phi) is 13.3. The molecule has 3 aromatic carbocycles. The van der Waals surface area contributed by atoms with Crippen molar-refractivity contribution in [2.24, 2.45) is 0 Å². The summed E-state index contributed by atoms with van der Waals surface area (Å²) in [5.41, 5.74) is 5.61. The molecule has 3 amide bonds. The Morgan fingerprint density at radius 3 is 2.40 bits per heavy atom. The van der Waals surface area contributed by atoms with E-state index in [0.717, 1.165) is 82.0 Å². The van der Waals surface area contributed by atoms with E-state index in [1.165, 1.54) is 5.56 Å². The molecule has 9 rings (SSSR count). The maximum absolute atomic E-state index is 13.3. The molecule has 6 heterocycles. The highest BCUT2D eigenvalue weighted by molar-refractivity contribution is 7.70. The first-order valence-corrected chi connectivity index (χ1v) is 25.6. The number of hydrogen-bond acceptors (Lipinski definition) is 16. The van der Waals surface area contributed by atoms with Gasteiger partial charge in [0.2, 0.25) is 23.7 Å². The molecule has 3 N–H and O–H groups in total. The number of para-hydroxylation sites is 1. The molecule has 67 heavy (non-hydrogen) atoms. The standard InChI is InChI=1S/C48H58N11O7P/c1-6-31-26-37(51-48-49-28-34(46-55-54-30(2)66-46)44(53-48)50-36-11-7-8-13-42(36)67(4,5)63)41(64-3)27-39(31)58-18-16-32(17-19-58)57-22-20-56(21-23-57)24-25-65-40-12-9-10-33-35(40)29-59(47(33)62)38-14-15-43(60)52-45(38)61/h7-13,26-28,32,38H,6,14-25,29H2,1-5H3,(H,52,60,61)(H2,49,50,51,53). The number of aromatic nitrogens is 4. The number of methoxy groups -OCH3 is 1. The fourth-order valence-corrected chi connectivity index (χ4v) is 10.8. The number of piperidine rings is 2. The molecule has 3 fully saturated rings. The van der Waals surface area contributed by atoms with E-state index >= 15 is 0 Å². The monoisotopic (exact) mass is 931 g/mol. The number of carbonyl (C=O) groups is 3. The number of carbonyl (C=O) groups excluding carboxylic acids is 3. The number of hydrogen-bond donors (Lipinski definition) is 3. The summed E-state index contributed by atoms with van der Waals surface area (Å²) in [6, 6.07) is 17.1. The molecule has 4 aliphatic heterocycles. The topological polar surface area (TPSA) is 200 Å². The number of aryl methyl sites for hydroxylation is 2. The van der Waals surface area contributed by atoms with E-state index in [2.05, 4.69) is 64.9 Å². The smallest absolute Gasteiger partial charge is 0.255 e. The van der Waals surface area contributed by atoms with Gasteiger partial charge in [0.05, 0.1) is 25.0 Å². The van der Waals surface area contributed by atoms with Gasteiger partial charge in [-0.05, 0) is 74.9 Å². The zero-order chi connectivity index (χ0) is 46.8. The number of ether oxygens (including phenoxy) is 2. The number of nitrogens with zero attached hydrogens (tertiary/aromatic N) is 8. The maximum Gasteiger partial charge on any atom is 0.255 e. The van der Waals surface area contributed by atoms with E-state index in [-0.39, 0.29) is 24.1 Å². The lowest BCUT2D eigenvalue weighted by Gasteiger charge is -2.43. The normalized spacial score (nSPS) is 18.5. The molecule has 1 atom stereocenters. The van der Waals surface area contributed by atoms with Gasteiger partial charge in [-0.1, -0.05) is 25.1 Å². The summed E-state index contributed by atoms with van der Waals surface area (Å²) >= 11 is 0. The first kappa shape index (κ1) is 45.8. The minimum absolute atomic E-state index is 0.199. The quantitative estimate of drug-likeness (QED) is 0.0869. The highest BCUT2D eigenvalue weighted by Gasteiger charge is 2.40. The van der Waals surface area contributed by atoms with E-state index in [1.807, 2.05) is 36.4 Å². The molecule has 2 aromatic heterocycles. The fraction of sp³-hybridized carbons (Fsp3) is 0.438. The predicted molar refractivity (Wildman–Crippen MR) is 256 cm³/mol. The van der Waals surface area contributed by atoms with Gasteiger partial charge < -0.3 is 38.9 Å². The second-order valence-electron chi connectivity index (χ2n) is 17.9. The first-order chi connectivity index (χ1) is 32.4. The largest absolute Gasteiger partial charge is 0.494 e. The number of amides is 3. The van der Waals surface area contributed by atoms with Gasteiger partial charge in [-0.15, -0.1) is 10.2 Å². The summed E-state index contributed by atoms with van der Waals surface area (Å²) in [7, 11) is -0.966. The third kappa shape index (κ3) is 9.88. The zero-order valence-electron chi connectivity index (χ0n) is 38.7. The second kappa shape index (κ2) is 19.5. The van der Waals surface area contributed by atoms with Crippen LogP contribution in [0.3, 0.4) is 0 Å². The summed E-state index contributed by atoms with van der Waals surface area (Å²) < 4.78 is 31.3. The van der Waals surface area contributed by atoms with Gasteiger partial charge in [0.1, 0.15) is 42.7 Å². The van der Waals surface area contributed by atoms with E-state index in [4.69, 9.17) is 18.9 Å². The van der Waals surface area contributed by atoms with Crippen molar-refractivity contribution in [1.29, 1.82) is 0 Å². The number of anilines is 5. The third-order valence-electron chi connectivity index (χ3n) is 13.2. The minimum atomic E-state index is -2.64. The molecule has 18 nitrogen and oxygen atoms in total. The molecular weight excluding hydrogens is 874 g/mol. The van der Waals surface area contributed by atoms with E-state index in [9.17, 15) is 18.9 Å². The molecule has 0 spiro atoms. The van der Waals surface area contributed by atoms with Crippen LogP contribution in [0.25, 0.3) is 11.5 Å². The highest BCUT2D eigenvalue weighted by Crippen LogP contribution is 2.41. The Morgan fingerprint density at radius 1 is 0.896 bits per heavy atom. The van der Waals surface area contributed by atoms with Crippen molar-refractivity contribution in [2.75, 3.05) is 88.4 Å². The van der Waals surface area contributed by atoms with Crippen LogP contribution >= 0.6 is 7.14 Å². The predicted octanol–water partition coefficient (Wildman–Crippen LogP) is 5.57. The number of benzene rings is 3. The number of fused-ring (bicyclic) bond motifs is 1. The van der Waals surface area contributed by atoms with E-state index in [0.29, 0.717) is 76.9 Å². The number of nitrogens with one attached hydrogen (secondary N) is 3. The van der Waals surface area contributed by atoms with Crippen molar-refractivity contribution in [2.45, 2.75) is 64.6 Å². The van der Waals surface area contributed by atoms with Crippen molar-refractivity contribution >= 4 is 59.0 Å². The van der Waals surface area contributed by atoms with Gasteiger partial charge >= 0.3 is 0 Å². The SMILES string of the molecule is CCc1cc(Nc2ncc(-c3nnc(C)o3)c(Nc3ccccc3P(C)(C)=O)n2)c(OC)cc1N1CCC(N2CCN(CCOc3cccc4c3CN(C3CCC(=O)NC3=O)C4=O)CC2)CC1. The molecule has 4 aliphatic rings. The lowest BCUT2D eigenvalue weighted by Crippen LogP contribution is -2.53. The number of imide groups is 1. The fourth-order valence-electron chi connectivity index (χ4n) is 9.66. The van der Waals surface area contributed by atoms with Gasteiger partial charge in [-0.2, -0.15) is 4.98 Å². The summed E-state index contributed by atoms with van der Waals surface area (Å²) in [6.45, 7) is 14.7. The van der Waals surface area contributed by atoms with Crippen molar-refractivity contribution in [3.8, 4) is 23.0 Å². The molecule has 352 valence electrons. The van der Waals surface area contributed by atoms with Crippen molar-refractivity contribution in [3.63, 3.8) is 0 Å². The van der Waals surface area contributed by atoms with Crippen LogP contribution < -0.4 is 35.6 Å². The number of rotatable bonds is 15. The van der Waals surface area contributed by atoms with Crippen molar-refractivity contribution in [1.82, 2.24) is 40.2 Å². The third-order valence-corrected chi connectivity index (χ3v) is 14.8. The minimum Gasteiger partial charge on any atom is -0.494 e. The molecule has 0 bridgehead atoms. The molecule has 19 heteroatoms. The van der Waals surface area contributed by atoms with Gasteiger partial charge in [0, 0.05) is 99.6 Å². The molecule has 0 saturated carbocycles. The Labute approximate surface area is 390 Å². The van der Waals surface area contributed by atoms with Crippen LogP contribution in [-0.2, 0) is 27.1 Å². The molecule has 3 saturated heterocycles. The molecule has 5 aromatic rings. The first-order valence-electron chi connectivity index (χ1n) is 23.0. The molecule has 0 radical (unpaired) electrons. The number of piperazine rings is 1. The Bertz CT molecular complexity index is 2710. The average Bonchev–Trinajstić information content (AvgIpc) is 3.91. The van der Waals surface area contributed by atoms with Crippen LogP contribution in [0.2, 0.25) is 0 Å². The van der Waals surface area contributed by atoms with Crippen molar-refractivity contribution < 1.29 is 32.8 Å². The Morgan fingerprint density at radius 2 is 1.69 bits per heavy atom. The molecule has 1 unspecified atom stereocenters. The van der Waals surface area contributed by atoms with Crippen LogP contribution in [0.15, 0.2) is 65.2 Å². The van der Waals surface area contributed by atoms with Crippen LogP contribution in [0.1, 0.15) is 60.0 Å². The van der Waals surface area contributed by atoms with Crippen molar-refractivity contribution in [3.05, 3.63) is 83.4 Å². The molecular formula is C48H58N11O7P. The van der Waals surface area contributed by atoms with Crippen LogP contribution in [-0.4, -0.2) is 138 Å². The Balaban J connectivity index is 0.797. The van der Waals surface area contributed by atoms with E-state index < -0.39 is 19.1 Å². The molecule has 0 aliphatic carbocycles. The summed E-state index contributed by atoms with van der Waals surface area (Å²) in [4.78, 5) is 56.1. The summed E-state index contributed by atoms with van der Waals surface area (Å²) in [6.07, 6.45) is 5.13. The van der Waals surface area contributed by atoms with Gasteiger partial charge in [-0.25, -0.2) is 4.98 Å². The van der Waals surface area contributed by atoms with Gasteiger partial charge in [0.25, 0.3) is 11.8 Å². The zero-order valence-corrected chi connectivity index (χ0v) is 39.6. The maximum atomic E-state index is 13.3. The lowest BCUT2D eigenvalue weighted by molar-refractivity contribution is -0.136. The Hall–Kier alpha value is -6.36.